The van der Waals surface area contributed by atoms with Crippen molar-refractivity contribution >= 4 is 11.4 Å². The van der Waals surface area contributed by atoms with Crippen LogP contribution < -0.4 is 0 Å². The quantitative estimate of drug-likeness (QED) is 0.780. The minimum Gasteiger partial charge on any atom is -0.365 e. The summed E-state index contributed by atoms with van der Waals surface area (Å²) >= 11 is -2.22. The maximum Gasteiger partial charge on any atom is 0.302 e. The van der Waals surface area contributed by atoms with Crippen LogP contribution in [0.25, 0.3) is 0 Å². The van der Waals surface area contributed by atoms with Gasteiger partial charge in [-0.15, -0.1) is 0 Å². The zero-order valence-electron chi connectivity index (χ0n) is 11.5. The molecule has 18 heavy (non-hydrogen) atoms. The first-order chi connectivity index (χ1) is 8.34. The summed E-state index contributed by atoms with van der Waals surface area (Å²) in [4.78, 5) is 3.20. The molecule has 0 aliphatic carbocycles. The van der Waals surface area contributed by atoms with Crippen molar-refractivity contribution in [3.8, 4) is 0 Å². The molecule has 0 aliphatic heterocycles. The van der Waals surface area contributed by atoms with Gasteiger partial charge in [0.25, 0.3) is 0 Å². The Labute approximate surface area is 112 Å². The summed E-state index contributed by atoms with van der Waals surface area (Å²) in [7, 11) is 0. The van der Waals surface area contributed by atoms with Gasteiger partial charge in [-0.05, 0) is 30.4 Å². The molecule has 1 aromatic heterocycles. The Morgan fingerprint density at radius 3 is 2.56 bits per heavy atom. The average molecular weight is 273 g/mol. The molecule has 3 atom stereocenters. The Morgan fingerprint density at radius 2 is 2.17 bits per heavy atom. The topological polar surface area (TPSA) is 62.3 Å². The van der Waals surface area contributed by atoms with Crippen molar-refractivity contribution < 1.29 is 12.9 Å². The van der Waals surface area contributed by atoms with Crippen LogP contribution in [0.3, 0.4) is 0 Å². The van der Waals surface area contributed by atoms with Crippen molar-refractivity contribution in [2.24, 2.45) is 5.41 Å². The lowest BCUT2D eigenvalue weighted by Crippen LogP contribution is -2.31. The molecular weight excluding hydrogens is 250 g/mol. The van der Waals surface area contributed by atoms with E-state index in [-0.39, 0.29) is 11.5 Å². The highest BCUT2D eigenvalue weighted by Gasteiger charge is 2.30. The number of hydrogen-bond acceptors (Lipinski definition) is 2. The zero-order valence-corrected chi connectivity index (χ0v) is 12.3. The fourth-order valence-electron chi connectivity index (χ4n) is 2.01. The van der Waals surface area contributed by atoms with Gasteiger partial charge in [-0.2, -0.15) is 4.21 Å². The third-order valence-corrected chi connectivity index (χ3v) is 3.61. The van der Waals surface area contributed by atoms with Crippen LogP contribution >= 0.6 is 0 Å². The Bertz CT molecular complexity index is 370. The monoisotopic (exact) mass is 273 g/mol. The van der Waals surface area contributed by atoms with Crippen molar-refractivity contribution in [3.05, 3.63) is 24.0 Å². The summed E-state index contributed by atoms with van der Waals surface area (Å²) in [6.45, 7) is 8.17. The number of aromatic amines is 1. The van der Waals surface area contributed by atoms with E-state index in [4.69, 9.17) is 8.74 Å². The highest BCUT2D eigenvalue weighted by molar-refractivity contribution is 7.74. The molecule has 2 N–H and O–H groups in total. The highest BCUT2D eigenvalue weighted by Crippen LogP contribution is 2.33. The van der Waals surface area contributed by atoms with E-state index in [1.165, 1.54) is 0 Å². The molecule has 0 spiro atoms. The van der Waals surface area contributed by atoms with Crippen LogP contribution in [0.5, 0.6) is 0 Å². The lowest BCUT2D eigenvalue weighted by atomic mass is 9.82. The molecule has 0 aliphatic rings. The van der Waals surface area contributed by atoms with E-state index in [0.717, 1.165) is 18.5 Å². The predicted molar refractivity (Wildman–Crippen MR) is 73.5 cm³/mol. The molecule has 1 heterocycles. The van der Waals surface area contributed by atoms with Gasteiger partial charge in [0, 0.05) is 17.8 Å². The summed E-state index contributed by atoms with van der Waals surface area (Å²) < 4.78 is 25.0. The van der Waals surface area contributed by atoms with Gasteiger partial charge in [-0.25, -0.2) is 0 Å². The maximum atomic E-state index is 10.9. The van der Waals surface area contributed by atoms with Crippen LogP contribution in [-0.4, -0.2) is 19.8 Å². The van der Waals surface area contributed by atoms with Crippen LogP contribution in [0.4, 0.5) is 0 Å². The first-order valence-corrected chi connectivity index (χ1v) is 7.29. The van der Waals surface area contributed by atoms with Gasteiger partial charge in [-0.3, -0.25) is 8.74 Å². The number of rotatable bonds is 6. The van der Waals surface area contributed by atoms with Crippen molar-refractivity contribution in [3.63, 3.8) is 0 Å². The molecule has 0 amide bonds. The van der Waals surface area contributed by atoms with Crippen LogP contribution in [0.15, 0.2) is 18.3 Å². The van der Waals surface area contributed by atoms with Crippen molar-refractivity contribution in [1.82, 2.24) is 4.98 Å². The van der Waals surface area contributed by atoms with E-state index < -0.39 is 11.4 Å². The Kier molecular flexibility index (Phi) is 5.56. The second kappa shape index (κ2) is 6.50. The molecule has 5 heteroatoms. The molecule has 104 valence electrons. The van der Waals surface area contributed by atoms with Crippen LogP contribution in [-0.2, 0) is 15.5 Å². The molecule has 4 nitrogen and oxygen atoms in total. The zero-order chi connectivity index (χ0) is 13.8. The average Bonchev–Trinajstić information content (AvgIpc) is 2.75. The summed E-state index contributed by atoms with van der Waals surface area (Å²) in [5, 5.41) is 0. The van der Waals surface area contributed by atoms with E-state index in [1.807, 2.05) is 39.1 Å². The van der Waals surface area contributed by atoms with Gasteiger partial charge < -0.3 is 4.98 Å². The first kappa shape index (κ1) is 15.4. The largest absolute Gasteiger partial charge is 0.365 e. The molecule has 1 aromatic rings. The van der Waals surface area contributed by atoms with E-state index >= 15 is 0 Å². The third kappa shape index (κ3) is 4.55. The molecule has 0 aromatic carbocycles. The maximum absolute atomic E-state index is 10.9. The third-order valence-electron chi connectivity index (χ3n) is 3.22. The normalized spacial score (nSPS) is 17.4. The minimum absolute atomic E-state index is 0.168. The molecule has 0 bridgehead atoms. The van der Waals surface area contributed by atoms with E-state index in [1.54, 1.807) is 0 Å². The van der Waals surface area contributed by atoms with Crippen molar-refractivity contribution in [2.75, 3.05) is 0 Å². The highest BCUT2D eigenvalue weighted by atomic mass is 32.2. The molecule has 3 unspecified atom stereocenters. The molecule has 0 saturated heterocycles. The second-order valence-electron chi connectivity index (χ2n) is 5.63. The Morgan fingerprint density at radius 1 is 1.50 bits per heavy atom. The molecule has 0 radical (unpaired) electrons. The SMILES string of the molecule is CCC(CC(OS(=O)O)C(C)(C)C)c1ccc[nH]1. The minimum atomic E-state index is -2.22. The van der Waals surface area contributed by atoms with Crippen molar-refractivity contribution in [1.29, 1.82) is 0 Å². The molecule has 0 saturated carbocycles. The lowest BCUT2D eigenvalue weighted by molar-refractivity contribution is 0.0754. The van der Waals surface area contributed by atoms with Gasteiger partial charge in [0.1, 0.15) is 0 Å². The van der Waals surface area contributed by atoms with E-state index in [9.17, 15) is 4.21 Å². The summed E-state index contributed by atoms with van der Waals surface area (Å²) in [6, 6.07) is 4.01. The lowest BCUT2D eigenvalue weighted by Gasteiger charge is -2.31. The fraction of sp³-hybridized carbons (Fsp3) is 0.692. The number of H-pyrrole nitrogens is 1. The van der Waals surface area contributed by atoms with Crippen LogP contribution in [0.2, 0.25) is 0 Å². The van der Waals surface area contributed by atoms with Crippen molar-refractivity contribution in [2.45, 2.75) is 52.6 Å². The standard InChI is InChI=1S/C13H23NO3S/c1-5-10(11-7-6-8-14-11)9-12(13(2,3)4)17-18(15)16/h6-8,10,12,14H,5,9H2,1-4H3,(H,15,16). The fourth-order valence-corrected chi connectivity index (χ4v) is 2.57. The first-order valence-electron chi connectivity index (χ1n) is 6.25. The van der Waals surface area contributed by atoms with Gasteiger partial charge in [0.15, 0.2) is 0 Å². The van der Waals surface area contributed by atoms with Crippen LogP contribution in [0.1, 0.15) is 52.1 Å². The number of nitrogens with one attached hydrogen (secondary N) is 1. The van der Waals surface area contributed by atoms with Gasteiger partial charge >= 0.3 is 11.4 Å². The Hall–Kier alpha value is -0.650. The molecular formula is C13H23NO3S. The molecule has 0 fully saturated rings. The summed E-state index contributed by atoms with van der Waals surface area (Å²) in [5.41, 5.74) is 0.984. The summed E-state index contributed by atoms with van der Waals surface area (Å²) in [6.07, 6.45) is 3.34. The molecule has 1 rings (SSSR count). The van der Waals surface area contributed by atoms with E-state index in [2.05, 4.69) is 11.9 Å². The smallest absolute Gasteiger partial charge is 0.302 e. The Balaban J connectivity index is 2.78. The second-order valence-corrected chi connectivity index (χ2v) is 6.26. The van der Waals surface area contributed by atoms with E-state index in [0.29, 0.717) is 5.92 Å². The van der Waals surface area contributed by atoms with Gasteiger partial charge in [-0.1, -0.05) is 27.7 Å². The van der Waals surface area contributed by atoms with Crippen LogP contribution in [0, 0.1) is 5.41 Å². The van der Waals surface area contributed by atoms with Gasteiger partial charge in [0.05, 0.1) is 6.10 Å². The number of aromatic nitrogens is 1. The van der Waals surface area contributed by atoms with Gasteiger partial charge in [0.2, 0.25) is 0 Å². The number of hydrogen-bond donors (Lipinski definition) is 2. The predicted octanol–water partition coefficient (Wildman–Crippen LogP) is 3.47. The summed E-state index contributed by atoms with van der Waals surface area (Å²) in [5.74, 6) is 0.313.